The van der Waals surface area contributed by atoms with E-state index in [1.165, 1.54) is 6.07 Å². The molecule has 1 fully saturated rings. The summed E-state index contributed by atoms with van der Waals surface area (Å²) in [4.78, 5) is 0. The zero-order valence-electron chi connectivity index (χ0n) is 8.90. The minimum absolute atomic E-state index is 0.174. The first-order valence-corrected chi connectivity index (χ1v) is 6.22. The average Bonchev–Trinajstić information content (AvgIpc) is 2.23. The molecule has 16 heavy (non-hydrogen) atoms. The van der Waals surface area contributed by atoms with E-state index < -0.39 is 5.67 Å². The summed E-state index contributed by atoms with van der Waals surface area (Å²) in [6.45, 7) is 1.35. The molecule has 1 aromatic carbocycles. The molecule has 88 valence electrons. The first-order chi connectivity index (χ1) is 7.59. The monoisotopic (exact) mass is 289 g/mol. The minimum Gasteiger partial charge on any atom is -0.316 e. The van der Waals surface area contributed by atoms with Gasteiger partial charge in [-0.2, -0.15) is 0 Å². The van der Waals surface area contributed by atoms with Gasteiger partial charge in [-0.3, -0.25) is 0 Å². The lowest BCUT2D eigenvalue weighted by Gasteiger charge is -2.30. The Kier molecular flexibility index (Phi) is 3.60. The Hall–Kier alpha value is -0.480. The second-order valence-electron chi connectivity index (χ2n) is 4.31. The lowest BCUT2D eigenvalue weighted by molar-refractivity contribution is 0.115. The number of alkyl halides is 1. The molecule has 1 aliphatic rings. The van der Waals surface area contributed by atoms with Gasteiger partial charge in [-0.1, -0.05) is 22.0 Å². The molecule has 0 saturated carbocycles. The van der Waals surface area contributed by atoms with E-state index in [1.54, 1.807) is 12.1 Å². The highest BCUT2D eigenvalue weighted by atomic mass is 79.9. The third kappa shape index (κ3) is 2.80. The van der Waals surface area contributed by atoms with Crippen molar-refractivity contribution in [2.45, 2.75) is 24.9 Å². The smallest absolute Gasteiger partial charge is 0.127 e. The van der Waals surface area contributed by atoms with E-state index in [9.17, 15) is 8.78 Å². The van der Waals surface area contributed by atoms with Crippen molar-refractivity contribution in [3.63, 3.8) is 0 Å². The minimum atomic E-state index is -1.25. The first kappa shape index (κ1) is 12.0. The van der Waals surface area contributed by atoms with Gasteiger partial charge in [-0.05, 0) is 43.6 Å². The molecule has 1 nitrogen and oxygen atoms in total. The third-order valence-corrected chi connectivity index (χ3v) is 3.52. The third-order valence-electron chi connectivity index (χ3n) is 3.02. The molecule has 1 aromatic rings. The largest absolute Gasteiger partial charge is 0.316 e. The van der Waals surface area contributed by atoms with Crippen molar-refractivity contribution in [2.75, 3.05) is 13.1 Å². The fraction of sp³-hybridized carbons (Fsp3) is 0.500. The van der Waals surface area contributed by atoms with Crippen molar-refractivity contribution in [3.05, 3.63) is 34.1 Å². The van der Waals surface area contributed by atoms with Gasteiger partial charge >= 0.3 is 0 Å². The average molecular weight is 290 g/mol. The first-order valence-electron chi connectivity index (χ1n) is 5.43. The topological polar surface area (TPSA) is 12.0 Å². The number of nitrogens with one attached hydrogen (secondary N) is 1. The SMILES string of the molecule is Fc1cc(Br)ccc1CC1(F)CCNCC1. The van der Waals surface area contributed by atoms with Crippen LogP contribution in [-0.4, -0.2) is 18.8 Å². The summed E-state index contributed by atoms with van der Waals surface area (Å²) in [5, 5.41) is 3.11. The van der Waals surface area contributed by atoms with Gasteiger partial charge < -0.3 is 5.32 Å². The molecule has 1 heterocycles. The molecule has 0 atom stereocenters. The molecule has 1 saturated heterocycles. The fourth-order valence-corrected chi connectivity index (χ4v) is 2.39. The number of rotatable bonds is 2. The summed E-state index contributed by atoms with van der Waals surface area (Å²) in [6, 6.07) is 4.80. The lowest BCUT2D eigenvalue weighted by Crippen LogP contribution is -2.40. The molecule has 0 bridgehead atoms. The Labute approximate surface area is 102 Å². The van der Waals surface area contributed by atoms with E-state index in [-0.39, 0.29) is 12.2 Å². The van der Waals surface area contributed by atoms with Crippen molar-refractivity contribution < 1.29 is 8.78 Å². The van der Waals surface area contributed by atoms with Gasteiger partial charge in [0.15, 0.2) is 0 Å². The molecule has 0 amide bonds. The number of piperidine rings is 1. The van der Waals surface area contributed by atoms with Crippen molar-refractivity contribution in [1.29, 1.82) is 0 Å². The lowest BCUT2D eigenvalue weighted by atomic mass is 9.87. The zero-order valence-corrected chi connectivity index (χ0v) is 10.5. The van der Waals surface area contributed by atoms with Crippen LogP contribution < -0.4 is 5.32 Å². The summed E-state index contributed by atoms with van der Waals surface area (Å²) in [5.41, 5.74) is -0.785. The molecule has 2 rings (SSSR count). The predicted octanol–water partition coefficient (Wildman–Crippen LogP) is 3.22. The summed E-state index contributed by atoms with van der Waals surface area (Å²) in [6.07, 6.45) is 1.10. The van der Waals surface area contributed by atoms with Gasteiger partial charge in [-0.25, -0.2) is 8.78 Å². The van der Waals surface area contributed by atoms with Gasteiger partial charge in [0, 0.05) is 10.9 Å². The highest BCUT2D eigenvalue weighted by Gasteiger charge is 2.32. The van der Waals surface area contributed by atoms with Crippen LogP contribution in [0.5, 0.6) is 0 Å². The fourth-order valence-electron chi connectivity index (χ4n) is 2.06. The van der Waals surface area contributed by atoms with Crippen LogP contribution in [0.25, 0.3) is 0 Å². The van der Waals surface area contributed by atoms with Gasteiger partial charge in [0.2, 0.25) is 0 Å². The van der Waals surface area contributed by atoms with E-state index in [1.807, 2.05) is 0 Å². The van der Waals surface area contributed by atoms with Crippen LogP contribution >= 0.6 is 15.9 Å². The normalized spacial score (nSPS) is 19.7. The van der Waals surface area contributed by atoms with E-state index in [0.29, 0.717) is 36.0 Å². The van der Waals surface area contributed by atoms with Crippen molar-refractivity contribution >= 4 is 15.9 Å². The highest BCUT2D eigenvalue weighted by molar-refractivity contribution is 9.10. The van der Waals surface area contributed by atoms with E-state index >= 15 is 0 Å². The maximum Gasteiger partial charge on any atom is 0.127 e. The van der Waals surface area contributed by atoms with E-state index in [4.69, 9.17) is 0 Å². The van der Waals surface area contributed by atoms with E-state index in [2.05, 4.69) is 21.2 Å². The zero-order chi connectivity index (χ0) is 11.6. The van der Waals surface area contributed by atoms with Crippen LogP contribution in [-0.2, 0) is 6.42 Å². The molecule has 0 aromatic heterocycles. The maximum atomic E-state index is 14.3. The molecule has 1 N–H and O–H groups in total. The number of hydrogen-bond acceptors (Lipinski definition) is 1. The van der Waals surface area contributed by atoms with Crippen molar-refractivity contribution in [2.24, 2.45) is 0 Å². The van der Waals surface area contributed by atoms with Crippen LogP contribution in [0.3, 0.4) is 0 Å². The molecule has 0 spiro atoms. The van der Waals surface area contributed by atoms with Gasteiger partial charge in [0.1, 0.15) is 11.5 Å². The van der Waals surface area contributed by atoms with Crippen molar-refractivity contribution in [3.8, 4) is 0 Å². The molecule has 1 aliphatic heterocycles. The quantitative estimate of drug-likeness (QED) is 0.882. The van der Waals surface area contributed by atoms with Crippen LogP contribution in [0.1, 0.15) is 18.4 Å². The van der Waals surface area contributed by atoms with Crippen LogP contribution in [0, 0.1) is 5.82 Å². The Morgan fingerprint density at radius 3 is 2.62 bits per heavy atom. The summed E-state index contributed by atoms with van der Waals surface area (Å²) < 4.78 is 28.6. The molecule has 0 aliphatic carbocycles. The Morgan fingerprint density at radius 1 is 1.31 bits per heavy atom. The number of hydrogen-bond donors (Lipinski definition) is 1. The molecular formula is C12H14BrF2N. The Bertz CT molecular complexity index is 375. The predicted molar refractivity (Wildman–Crippen MR) is 63.7 cm³/mol. The molecule has 0 radical (unpaired) electrons. The highest BCUT2D eigenvalue weighted by Crippen LogP contribution is 2.29. The van der Waals surface area contributed by atoms with Crippen LogP contribution in [0.2, 0.25) is 0 Å². The second-order valence-corrected chi connectivity index (χ2v) is 5.23. The van der Waals surface area contributed by atoms with Gasteiger partial charge in [0.05, 0.1) is 0 Å². The number of benzene rings is 1. The summed E-state index contributed by atoms with van der Waals surface area (Å²) in [7, 11) is 0. The standard InChI is InChI=1S/C12H14BrF2N/c13-10-2-1-9(11(14)7-10)8-12(15)3-5-16-6-4-12/h1-2,7,16H,3-6,8H2. The maximum absolute atomic E-state index is 14.3. The second kappa shape index (κ2) is 4.80. The summed E-state index contributed by atoms with van der Waals surface area (Å²) in [5.74, 6) is -0.329. The summed E-state index contributed by atoms with van der Waals surface area (Å²) >= 11 is 3.19. The molecular weight excluding hydrogens is 276 g/mol. The molecule has 4 heteroatoms. The van der Waals surface area contributed by atoms with Crippen molar-refractivity contribution in [1.82, 2.24) is 5.32 Å². The molecule has 0 unspecified atom stereocenters. The van der Waals surface area contributed by atoms with E-state index in [0.717, 1.165) is 0 Å². The number of halogens is 3. The Morgan fingerprint density at radius 2 is 2.00 bits per heavy atom. The van der Waals surface area contributed by atoms with Gasteiger partial charge in [-0.15, -0.1) is 0 Å². The van der Waals surface area contributed by atoms with Crippen LogP contribution in [0.15, 0.2) is 22.7 Å². The van der Waals surface area contributed by atoms with Gasteiger partial charge in [0.25, 0.3) is 0 Å². The van der Waals surface area contributed by atoms with Crippen LogP contribution in [0.4, 0.5) is 8.78 Å². The Balaban J connectivity index is 2.13.